The van der Waals surface area contributed by atoms with Crippen molar-refractivity contribution in [2.75, 3.05) is 31.2 Å². The minimum Gasteiger partial charge on any atom is -0.477 e. The molecule has 1 aliphatic rings. The number of anilines is 1. The van der Waals surface area contributed by atoms with Crippen LogP contribution < -0.4 is 20.1 Å². The number of ether oxygens (including phenoxy) is 1. The zero-order chi connectivity index (χ0) is 15.3. The fourth-order valence-corrected chi connectivity index (χ4v) is 2.45. The monoisotopic (exact) mass is 313 g/mol. The lowest BCUT2D eigenvalue weighted by molar-refractivity contribution is -0.127. The second-order valence-electron chi connectivity index (χ2n) is 4.79. The van der Waals surface area contributed by atoms with E-state index in [1.807, 2.05) is 18.2 Å². The van der Waals surface area contributed by atoms with Crippen molar-refractivity contribution in [3.05, 3.63) is 24.3 Å². The molecule has 0 spiro atoms. The van der Waals surface area contributed by atoms with Crippen molar-refractivity contribution < 1.29 is 17.9 Å². The fraction of sp³-hybridized carbons (Fsp3) is 0.462. The third kappa shape index (κ3) is 4.91. The third-order valence-electron chi connectivity index (χ3n) is 2.94. The van der Waals surface area contributed by atoms with Crippen molar-refractivity contribution >= 4 is 21.6 Å². The van der Waals surface area contributed by atoms with E-state index in [4.69, 9.17) is 4.74 Å². The van der Waals surface area contributed by atoms with Crippen LogP contribution in [-0.2, 0) is 14.8 Å². The molecule has 8 heteroatoms. The highest BCUT2D eigenvalue weighted by molar-refractivity contribution is 7.88. The first-order valence-electron chi connectivity index (χ1n) is 6.67. The molecule has 0 saturated heterocycles. The number of carbonyl (C=O) groups is 1. The van der Waals surface area contributed by atoms with Gasteiger partial charge in [-0.3, -0.25) is 4.79 Å². The second kappa shape index (κ2) is 6.77. The third-order valence-corrected chi connectivity index (χ3v) is 3.67. The lowest BCUT2D eigenvalue weighted by atomic mass is 10.2. The van der Waals surface area contributed by atoms with Crippen LogP contribution in [-0.4, -0.2) is 46.3 Å². The molecule has 1 amide bonds. The summed E-state index contributed by atoms with van der Waals surface area (Å²) in [6.07, 6.45) is 1.04. The van der Waals surface area contributed by atoms with E-state index in [-0.39, 0.29) is 5.91 Å². The second-order valence-corrected chi connectivity index (χ2v) is 6.63. The number of sulfonamides is 1. The fourth-order valence-electron chi connectivity index (χ4n) is 1.93. The van der Waals surface area contributed by atoms with Crippen LogP contribution in [0, 0.1) is 0 Å². The highest BCUT2D eigenvalue weighted by Crippen LogP contribution is 2.28. The van der Waals surface area contributed by atoms with Crippen molar-refractivity contribution in [2.45, 2.75) is 12.5 Å². The molecule has 0 aromatic heterocycles. The van der Waals surface area contributed by atoms with Crippen LogP contribution in [0.1, 0.15) is 6.42 Å². The van der Waals surface area contributed by atoms with Gasteiger partial charge in [0.25, 0.3) is 5.91 Å². The Labute approximate surface area is 124 Å². The topological polar surface area (TPSA) is 96.5 Å². The molecule has 1 aromatic rings. The molecule has 116 valence electrons. The average Bonchev–Trinajstić information content (AvgIpc) is 2.45. The predicted octanol–water partition coefficient (Wildman–Crippen LogP) is -0.0850. The van der Waals surface area contributed by atoms with E-state index in [1.165, 1.54) is 0 Å². The van der Waals surface area contributed by atoms with Crippen molar-refractivity contribution in [1.82, 2.24) is 10.0 Å². The summed E-state index contributed by atoms with van der Waals surface area (Å²) in [5, 5.41) is 5.87. The quantitative estimate of drug-likeness (QED) is 0.638. The molecular formula is C13H19N3O4S. The summed E-state index contributed by atoms with van der Waals surface area (Å²) < 4.78 is 29.7. The number of rotatable bonds is 6. The predicted molar refractivity (Wildman–Crippen MR) is 79.8 cm³/mol. The average molecular weight is 313 g/mol. The summed E-state index contributed by atoms with van der Waals surface area (Å²) in [7, 11) is -3.18. The number of benzene rings is 1. The SMILES string of the molecule is CS(=O)(=O)NCCCNC(=O)C1CNc2ccccc2O1. The maximum absolute atomic E-state index is 12.0. The zero-order valence-electron chi connectivity index (χ0n) is 11.8. The van der Waals surface area contributed by atoms with Gasteiger partial charge in [0.15, 0.2) is 6.10 Å². The first kappa shape index (κ1) is 15.6. The van der Waals surface area contributed by atoms with Gasteiger partial charge in [-0.1, -0.05) is 12.1 Å². The molecule has 7 nitrogen and oxygen atoms in total. The summed E-state index contributed by atoms with van der Waals surface area (Å²) >= 11 is 0. The first-order chi connectivity index (χ1) is 9.96. The molecule has 1 unspecified atom stereocenters. The number of nitrogens with one attached hydrogen (secondary N) is 3. The number of carbonyl (C=O) groups excluding carboxylic acids is 1. The molecule has 2 rings (SSSR count). The maximum Gasteiger partial charge on any atom is 0.262 e. The van der Waals surface area contributed by atoms with Crippen LogP contribution in [0.3, 0.4) is 0 Å². The van der Waals surface area contributed by atoms with E-state index >= 15 is 0 Å². The Hall–Kier alpha value is -1.80. The van der Waals surface area contributed by atoms with Gasteiger partial charge in [0.2, 0.25) is 10.0 Å². The van der Waals surface area contributed by atoms with Crippen LogP contribution in [0.15, 0.2) is 24.3 Å². The minimum absolute atomic E-state index is 0.212. The summed E-state index contributed by atoms with van der Waals surface area (Å²) in [5.41, 5.74) is 0.874. The molecule has 1 atom stereocenters. The number of fused-ring (bicyclic) bond motifs is 1. The van der Waals surface area contributed by atoms with E-state index in [2.05, 4.69) is 15.4 Å². The van der Waals surface area contributed by atoms with E-state index in [9.17, 15) is 13.2 Å². The van der Waals surface area contributed by atoms with Gasteiger partial charge >= 0.3 is 0 Å². The Balaban J connectivity index is 1.73. The molecule has 0 bridgehead atoms. The minimum atomic E-state index is -3.18. The van der Waals surface area contributed by atoms with E-state index in [1.54, 1.807) is 6.07 Å². The Morgan fingerprint density at radius 1 is 1.38 bits per heavy atom. The lowest BCUT2D eigenvalue weighted by Gasteiger charge is -2.26. The van der Waals surface area contributed by atoms with E-state index in [0.717, 1.165) is 11.9 Å². The molecule has 1 aliphatic heterocycles. The molecule has 1 aromatic carbocycles. The molecule has 3 N–H and O–H groups in total. The van der Waals surface area contributed by atoms with Crippen molar-refractivity contribution in [3.63, 3.8) is 0 Å². The van der Waals surface area contributed by atoms with Gasteiger partial charge in [0.1, 0.15) is 5.75 Å². The van der Waals surface area contributed by atoms with Crippen LogP contribution >= 0.6 is 0 Å². The molecule has 0 radical (unpaired) electrons. The van der Waals surface area contributed by atoms with Gasteiger partial charge < -0.3 is 15.4 Å². The Morgan fingerprint density at radius 3 is 2.90 bits per heavy atom. The zero-order valence-corrected chi connectivity index (χ0v) is 12.6. The van der Waals surface area contributed by atoms with Crippen molar-refractivity contribution in [2.24, 2.45) is 0 Å². The van der Waals surface area contributed by atoms with Crippen molar-refractivity contribution in [1.29, 1.82) is 0 Å². The largest absolute Gasteiger partial charge is 0.477 e. The van der Waals surface area contributed by atoms with E-state index in [0.29, 0.717) is 31.8 Å². The Kier molecular flexibility index (Phi) is 5.03. The highest BCUT2D eigenvalue weighted by atomic mass is 32.2. The highest BCUT2D eigenvalue weighted by Gasteiger charge is 2.25. The van der Waals surface area contributed by atoms with Crippen LogP contribution in [0.25, 0.3) is 0 Å². The van der Waals surface area contributed by atoms with Crippen molar-refractivity contribution in [3.8, 4) is 5.75 Å². The van der Waals surface area contributed by atoms with E-state index < -0.39 is 16.1 Å². The molecule has 21 heavy (non-hydrogen) atoms. The van der Waals surface area contributed by atoms with Gasteiger partial charge in [0, 0.05) is 13.1 Å². The lowest BCUT2D eigenvalue weighted by Crippen LogP contribution is -2.45. The van der Waals surface area contributed by atoms with Gasteiger partial charge in [-0.2, -0.15) is 0 Å². The summed E-state index contributed by atoms with van der Waals surface area (Å²) in [5.74, 6) is 0.444. The van der Waals surface area contributed by atoms with Gasteiger partial charge in [-0.05, 0) is 18.6 Å². The summed E-state index contributed by atoms with van der Waals surface area (Å²) in [6.45, 7) is 1.10. The molecule has 0 saturated carbocycles. The first-order valence-corrected chi connectivity index (χ1v) is 8.57. The van der Waals surface area contributed by atoms with Crippen LogP contribution in [0.5, 0.6) is 5.75 Å². The smallest absolute Gasteiger partial charge is 0.262 e. The van der Waals surface area contributed by atoms with Gasteiger partial charge in [-0.15, -0.1) is 0 Å². The normalized spacial score (nSPS) is 17.3. The maximum atomic E-state index is 12.0. The Morgan fingerprint density at radius 2 is 2.14 bits per heavy atom. The summed E-state index contributed by atoms with van der Waals surface area (Å²) in [6, 6.07) is 7.43. The standard InChI is InChI=1S/C13H19N3O4S/c1-21(18,19)16-8-4-7-14-13(17)12-9-15-10-5-2-3-6-11(10)20-12/h2-3,5-6,12,15-16H,4,7-9H2,1H3,(H,14,17). The number of para-hydroxylation sites is 2. The van der Waals surface area contributed by atoms with Crippen LogP contribution in [0.2, 0.25) is 0 Å². The summed E-state index contributed by atoms with van der Waals surface area (Å²) in [4.78, 5) is 12.0. The number of hydrogen-bond acceptors (Lipinski definition) is 5. The number of hydrogen-bond donors (Lipinski definition) is 3. The van der Waals surface area contributed by atoms with Gasteiger partial charge in [0.05, 0.1) is 18.5 Å². The van der Waals surface area contributed by atoms with Gasteiger partial charge in [-0.25, -0.2) is 13.1 Å². The van der Waals surface area contributed by atoms with Crippen LogP contribution in [0.4, 0.5) is 5.69 Å². The molecule has 0 aliphatic carbocycles. The Bertz CT molecular complexity index is 603. The number of amides is 1. The molecule has 0 fully saturated rings. The molecule has 1 heterocycles. The molecular weight excluding hydrogens is 294 g/mol.